The Bertz CT molecular complexity index is 874. The van der Waals surface area contributed by atoms with Crippen LogP contribution in [0.15, 0.2) is 42.5 Å². The van der Waals surface area contributed by atoms with E-state index in [-0.39, 0.29) is 11.7 Å². The van der Waals surface area contributed by atoms with Gasteiger partial charge >= 0.3 is 0 Å². The highest BCUT2D eigenvalue weighted by molar-refractivity contribution is 7.92. The molecule has 0 aliphatic carbocycles. The van der Waals surface area contributed by atoms with Gasteiger partial charge in [-0.05, 0) is 56.2 Å². The number of anilines is 2. The normalized spacial score (nSPS) is 13.7. The zero-order chi connectivity index (χ0) is 17.3. The molecular weight excluding hydrogens is 324 g/mol. The van der Waals surface area contributed by atoms with Crippen molar-refractivity contribution in [2.45, 2.75) is 20.3 Å². The van der Waals surface area contributed by atoms with Gasteiger partial charge in [0.15, 0.2) is 0 Å². The van der Waals surface area contributed by atoms with E-state index in [9.17, 15) is 13.2 Å². The summed E-state index contributed by atoms with van der Waals surface area (Å²) in [5.41, 5.74) is 3.97. The second kappa shape index (κ2) is 6.28. The van der Waals surface area contributed by atoms with Gasteiger partial charge in [-0.3, -0.25) is 9.10 Å². The zero-order valence-electron chi connectivity index (χ0n) is 13.7. The molecule has 126 valence electrons. The van der Waals surface area contributed by atoms with Gasteiger partial charge in [0.05, 0.1) is 11.4 Å². The molecule has 2 aromatic carbocycles. The van der Waals surface area contributed by atoms with E-state index >= 15 is 0 Å². The van der Waals surface area contributed by atoms with Crippen LogP contribution >= 0.6 is 0 Å². The Hall–Kier alpha value is -2.34. The van der Waals surface area contributed by atoms with Crippen LogP contribution in [0.4, 0.5) is 11.4 Å². The number of fused-ring (bicyclic) bond motifs is 1. The molecule has 6 heteroatoms. The molecule has 1 heterocycles. The minimum atomic E-state index is -3.26. The number of carbonyl (C=O) groups is 1. The molecule has 0 atom stereocenters. The van der Waals surface area contributed by atoms with Crippen molar-refractivity contribution in [1.29, 1.82) is 0 Å². The van der Waals surface area contributed by atoms with Crippen LogP contribution in [-0.2, 0) is 16.4 Å². The van der Waals surface area contributed by atoms with E-state index in [1.807, 2.05) is 31.2 Å². The topological polar surface area (TPSA) is 66.5 Å². The molecule has 3 rings (SSSR count). The van der Waals surface area contributed by atoms with Gasteiger partial charge in [-0.15, -0.1) is 0 Å². The number of hydrogen-bond donors (Lipinski definition) is 1. The summed E-state index contributed by atoms with van der Waals surface area (Å²) >= 11 is 0. The van der Waals surface area contributed by atoms with Gasteiger partial charge in [0.25, 0.3) is 5.91 Å². The van der Waals surface area contributed by atoms with Crippen molar-refractivity contribution in [2.75, 3.05) is 21.9 Å². The second-order valence-corrected chi connectivity index (χ2v) is 8.07. The van der Waals surface area contributed by atoms with Crippen LogP contribution in [0.25, 0.3) is 0 Å². The lowest BCUT2D eigenvalue weighted by atomic mass is 10.1. The van der Waals surface area contributed by atoms with Gasteiger partial charge in [-0.1, -0.05) is 17.7 Å². The van der Waals surface area contributed by atoms with Crippen molar-refractivity contribution in [2.24, 2.45) is 0 Å². The molecule has 1 N–H and O–H groups in total. The van der Waals surface area contributed by atoms with Crippen LogP contribution < -0.4 is 9.62 Å². The lowest BCUT2D eigenvalue weighted by molar-refractivity contribution is 0.102. The molecule has 0 aromatic heterocycles. The first-order chi connectivity index (χ1) is 11.4. The summed E-state index contributed by atoms with van der Waals surface area (Å²) in [6, 6.07) is 12.8. The van der Waals surface area contributed by atoms with Crippen molar-refractivity contribution < 1.29 is 13.2 Å². The largest absolute Gasteiger partial charge is 0.322 e. The smallest absolute Gasteiger partial charge is 0.255 e. The number of benzene rings is 2. The van der Waals surface area contributed by atoms with E-state index in [1.54, 1.807) is 25.1 Å². The monoisotopic (exact) mass is 344 g/mol. The third-order valence-corrected chi connectivity index (χ3v) is 5.99. The molecule has 0 unspecified atom stereocenters. The van der Waals surface area contributed by atoms with Gasteiger partial charge < -0.3 is 5.32 Å². The Kier molecular flexibility index (Phi) is 4.32. The number of aryl methyl sites for hydroxylation is 1. The first-order valence-electron chi connectivity index (χ1n) is 7.92. The Labute approximate surface area is 142 Å². The standard InChI is InChI=1S/C18H20N2O3S/c1-3-24(22,23)20-11-10-14-12-15(6-9-17(14)20)18(21)19-16-7-4-13(2)5-8-16/h4-9,12H,3,10-11H2,1-2H3,(H,19,21). The van der Waals surface area contributed by atoms with Crippen LogP contribution in [-0.4, -0.2) is 26.6 Å². The molecule has 0 fully saturated rings. The maximum atomic E-state index is 12.4. The highest BCUT2D eigenvalue weighted by Gasteiger charge is 2.28. The Morgan fingerprint density at radius 2 is 1.88 bits per heavy atom. The van der Waals surface area contributed by atoms with Gasteiger partial charge in [0.2, 0.25) is 10.0 Å². The number of carbonyl (C=O) groups excluding carboxylic acids is 1. The second-order valence-electron chi connectivity index (χ2n) is 5.89. The zero-order valence-corrected chi connectivity index (χ0v) is 14.6. The molecule has 1 aliphatic rings. The third kappa shape index (κ3) is 3.14. The van der Waals surface area contributed by atoms with Crippen LogP contribution in [0.2, 0.25) is 0 Å². The Morgan fingerprint density at radius 3 is 2.54 bits per heavy atom. The molecule has 0 saturated heterocycles. The molecule has 5 nitrogen and oxygen atoms in total. The van der Waals surface area contributed by atoms with E-state index in [0.717, 1.165) is 16.8 Å². The average molecular weight is 344 g/mol. The maximum absolute atomic E-state index is 12.4. The summed E-state index contributed by atoms with van der Waals surface area (Å²) < 4.78 is 25.6. The van der Waals surface area contributed by atoms with Gasteiger partial charge in [0, 0.05) is 17.8 Å². The molecule has 0 radical (unpaired) electrons. The SMILES string of the molecule is CCS(=O)(=O)N1CCc2cc(C(=O)Nc3ccc(C)cc3)ccc21. The minimum absolute atomic E-state index is 0.0715. The van der Waals surface area contributed by atoms with Gasteiger partial charge in [0.1, 0.15) is 0 Å². The van der Waals surface area contributed by atoms with Crippen molar-refractivity contribution in [3.05, 3.63) is 59.2 Å². The molecule has 1 aliphatic heterocycles. The van der Waals surface area contributed by atoms with Crippen LogP contribution in [0.1, 0.15) is 28.4 Å². The number of nitrogens with one attached hydrogen (secondary N) is 1. The van der Waals surface area contributed by atoms with Gasteiger partial charge in [-0.2, -0.15) is 0 Å². The van der Waals surface area contributed by atoms with E-state index < -0.39 is 10.0 Å². The van der Waals surface area contributed by atoms with Crippen molar-refractivity contribution in [3.63, 3.8) is 0 Å². The summed E-state index contributed by atoms with van der Waals surface area (Å²) in [6.45, 7) is 4.06. The highest BCUT2D eigenvalue weighted by atomic mass is 32.2. The lowest BCUT2D eigenvalue weighted by Crippen LogP contribution is -2.30. The van der Waals surface area contributed by atoms with Crippen molar-refractivity contribution >= 4 is 27.3 Å². The molecule has 0 saturated carbocycles. The lowest BCUT2D eigenvalue weighted by Gasteiger charge is -2.18. The van der Waals surface area contributed by atoms with E-state index in [4.69, 9.17) is 0 Å². The van der Waals surface area contributed by atoms with Crippen molar-refractivity contribution in [1.82, 2.24) is 0 Å². The molecule has 0 spiro atoms. The first kappa shape index (κ1) is 16.5. The fraction of sp³-hybridized carbons (Fsp3) is 0.278. The molecule has 24 heavy (non-hydrogen) atoms. The number of hydrogen-bond acceptors (Lipinski definition) is 3. The summed E-state index contributed by atoms with van der Waals surface area (Å²) in [4.78, 5) is 12.4. The number of rotatable bonds is 4. The van der Waals surface area contributed by atoms with E-state index in [2.05, 4.69) is 5.32 Å². The minimum Gasteiger partial charge on any atom is -0.322 e. The summed E-state index contributed by atoms with van der Waals surface area (Å²) in [5.74, 6) is -0.124. The number of amides is 1. The maximum Gasteiger partial charge on any atom is 0.255 e. The summed E-state index contributed by atoms with van der Waals surface area (Å²) in [7, 11) is -3.26. The predicted molar refractivity (Wildman–Crippen MR) is 96.1 cm³/mol. The number of nitrogens with zero attached hydrogens (tertiary/aromatic N) is 1. The van der Waals surface area contributed by atoms with Gasteiger partial charge in [-0.25, -0.2) is 8.42 Å². The molecule has 1 amide bonds. The van der Waals surface area contributed by atoms with E-state index in [1.165, 1.54) is 4.31 Å². The fourth-order valence-corrected chi connectivity index (χ4v) is 3.96. The molecular formula is C18H20N2O3S. The van der Waals surface area contributed by atoms with Crippen LogP contribution in [0, 0.1) is 6.92 Å². The van der Waals surface area contributed by atoms with Crippen molar-refractivity contribution in [3.8, 4) is 0 Å². The third-order valence-electron chi connectivity index (χ3n) is 4.20. The number of sulfonamides is 1. The first-order valence-corrected chi connectivity index (χ1v) is 9.53. The quantitative estimate of drug-likeness (QED) is 0.927. The fourth-order valence-electron chi connectivity index (χ4n) is 2.80. The molecule has 0 bridgehead atoms. The van der Waals surface area contributed by atoms with Crippen LogP contribution in [0.5, 0.6) is 0 Å². The molecule has 2 aromatic rings. The Balaban J connectivity index is 1.82. The highest BCUT2D eigenvalue weighted by Crippen LogP contribution is 2.31. The van der Waals surface area contributed by atoms with Crippen LogP contribution in [0.3, 0.4) is 0 Å². The summed E-state index contributed by atoms with van der Waals surface area (Å²) in [6.07, 6.45) is 0.625. The predicted octanol–water partition coefficient (Wildman–Crippen LogP) is 2.96. The average Bonchev–Trinajstić information content (AvgIpc) is 3.00. The summed E-state index contributed by atoms with van der Waals surface area (Å²) in [5, 5.41) is 2.86. The Morgan fingerprint density at radius 1 is 1.17 bits per heavy atom. The van der Waals surface area contributed by atoms with E-state index in [0.29, 0.717) is 24.2 Å².